The number of hydrogen-bond donors (Lipinski definition) is 2. The summed E-state index contributed by atoms with van der Waals surface area (Å²) in [6, 6.07) is 5.18. The van der Waals surface area contributed by atoms with Crippen LogP contribution in [0.1, 0.15) is 44.9 Å². The SMILES string of the molecule is C#CC.COC(=O)NCN1CC(C)N2C(=CC(c3ccc(C)cc3NC(=O)C(C)(C)F)N2C)C1=O. The quantitative estimate of drug-likeness (QED) is 0.621. The van der Waals surface area contributed by atoms with E-state index in [1.165, 1.54) is 21.0 Å². The van der Waals surface area contributed by atoms with Gasteiger partial charge in [-0.2, -0.15) is 0 Å². The van der Waals surface area contributed by atoms with Crippen molar-refractivity contribution >= 4 is 23.6 Å². The number of terminal acetylenes is 1. The molecule has 10 heteroatoms. The van der Waals surface area contributed by atoms with Crippen LogP contribution < -0.4 is 10.6 Å². The van der Waals surface area contributed by atoms with Crippen molar-refractivity contribution in [1.82, 2.24) is 20.2 Å². The first-order valence-corrected chi connectivity index (χ1v) is 11.2. The van der Waals surface area contributed by atoms with Crippen molar-refractivity contribution in [2.75, 3.05) is 32.7 Å². The summed E-state index contributed by atoms with van der Waals surface area (Å²) in [4.78, 5) is 38.4. The highest BCUT2D eigenvalue weighted by atomic mass is 19.1. The Bertz CT molecular complexity index is 1040. The number of hydrazine groups is 1. The minimum atomic E-state index is -2.03. The van der Waals surface area contributed by atoms with Crippen LogP contribution in [0.3, 0.4) is 0 Å². The smallest absolute Gasteiger partial charge is 0.408 e. The van der Waals surface area contributed by atoms with Crippen LogP contribution in [0.2, 0.25) is 0 Å². The Balaban J connectivity index is 0.00000137. The summed E-state index contributed by atoms with van der Waals surface area (Å²) in [6.07, 6.45) is 5.81. The summed E-state index contributed by atoms with van der Waals surface area (Å²) < 4.78 is 18.7. The standard InChI is InChI=1S/C22H30FN5O4.C3H4/c1-13-7-8-15(16(9-13)25-20(30)22(3,4)23)17-10-18-19(29)27(12-24-21(31)32-6)11-14(2)28(18)26(17)5;1-3-2/h7-10,14,17H,11-12H2,1-6H3,(H,24,31)(H,25,30);1H,2H3. The number of likely N-dealkylation sites (N-methyl/N-ethyl adjacent to an activating group) is 1. The first-order chi connectivity index (χ1) is 16.3. The molecule has 0 spiro atoms. The van der Waals surface area contributed by atoms with Gasteiger partial charge in [0.05, 0.1) is 25.9 Å². The lowest BCUT2D eigenvalue weighted by molar-refractivity contribution is -0.139. The molecule has 3 rings (SSSR count). The lowest BCUT2D eigenvalue weighted by atomic mass is 10.0. The number of amides is 3. The average molecular weight is 488 g/mol. The van der Waals surface area contributed by atoms with Crippen LogP contribution in [0, 0.1) is 19.3 Å². The number of methoxy groups -OCH3 is 1. The number of ether oxygens (including phenoxy) is 1. The van der Waals surface area contributed by atoms with Crippen molar-refractivity contribution in [2.45, 2.75) is 52.4 Å². The second kappa shape index (κ2) is 11.2. The zero-order chi connectivity index (χ0) is 26.5. The van der Waals surface area contributed by atoms with E-state index in [-0.39, 0.29) is 24.7 Å². The van der Waals surface area contributed by atoms with Gasteiger partial charge in [-0.15, -0.1) is 12.3 Å². The monoisotopic (exact) mass is 487 g/mol. The highest BCUT2D eigenvalue weighted by Crippen LogP contribution is 2.39. The Kier molecular flexibility index (Phi) is 8.88. The van der Waals surface area contributed by atoms with Crippen LogP contribution in [0.4, 0.5) is 14.9 Å². The molecule has 2 heterocycles. The molecule has 1 aromatic carbocycles. The number of piperazine rings is 1. The predicted molar refractivity (Wildman–Crippen MR) is 132 cm³/mol. The number of alkyl carbamates (subject to hydrolysis) is 1. The molecule has 0 aromatic heterocycles. The van der Waals surface area contributed by atoms with E-state index >= 15 is 0 Å². The number of rotatable bonds is 5. The highest BCUT2D eigenvalue weighted by molar-refractivity contribution is 5.98. The molecule has 1 aromatic rings. The minimum Gasteiger partial charge on any atom is -0.453 e. The van der Waals surface area contributed by atoms with E-state index in [2.05, 4.69) is 27.7 Å². The molecule has 35 heavy (non-hydrogen) atoms. The normalized spacial score (nSPS) is 19.6. The van der Waals surface area contributed by atoms with Gasteiger partial charge in [0.25, 0.3) is 11.8 Å². The Morgan fingerprint density at radius 3 is 2.54 bits per heavy atom. The second-order valence-electron chi connectivity index (χ2n) is 8.92. The van der Waals surface area contributed by atoms with E-state index in [0.717, 1.165) is 11.1 Å². The molecule has 0 radical (unpaired) electrons. The molecule has 190 valence electrons. The molecular formula is C25H34FN5O4. The van der Waals surface area contributed by atoms with Gasteiger partial charge in [0.1, 0.15) is 5.70 Å². The van der Waals surface area contributed by atoms with Gasteiger partial charge in [0.2, 0.25) is 0 Å². The molecule has 2 aliphatic heterocycles. The van der Waals surface area contributed by atoms with Crippen LogP contribution >= 0.6 is 0 Å². The Morgan fingerprint density at radius 2 is 1.97 bits per heavy atom. The summed E-state index contributed by atoms with van der Waals surface area (Å²) >= 11 is 0. The third-order valence-electron chi connectivity index (χ3n) is 5.63. The maximum atomic E-state index is 14.2. The molecule has 3 amide bonds. The fourth-order valence-corrected chi connectivity index (χ4v) is 3.96. The largest absolute Gasteiger partial charge is 0.453 e. The van der Waals surface area contributed by atoms with Crippen LogP contribution in [0.15, 0.2) is 30.0 Å². The van der Waals surface area contributed by atoms with Gasteiger partial charge >= 0.3 is 6.09 Å². The van der Waals surface area contributed by atoms with Gasteiger partial charge < -0.3 is 20.3 Å². The molecule has 1 saturated heterocycles. The maximum Gasteiger partial charge on any atom is 0.408 e. The van der Waals surface area contributed by atoms with E-state index < -0.39 is 17.7 Å². The van der Waals surface area contributed by atoms with Crippen molar-refractivity contribution in [2.24, 2.45) is 0 Å². The van der Waals surface area contributed by atoms with Crippen molar-refractivity contribution in [1.29, 1.82) is 0 Å². The first-order valence-electron chi connectivity index (χ1n) is 11.2. The molecule has 1 fully saturated rings. The number of alkyl halides is 1. The summed E-state index contributed by atoms with van der Waals surface area (Å²) in [6.45, 7) is 8.38. The van der Waals surface area contributed by atoms with E-state index in [0.29, 0.717) is 17.9 Å². The number of nitrogens with zero attached hydrogens (tertiary/aromatic N) is 3. The van der Waals surface area contributed by atoms with Gasteiger partial charge in [-0.1, -0.05) is 12.1 Å². The maximum absolute atomic E-state index is 14.2. The van der Waals surface area contributed by atoms with Crippen molar-refractivity contribution in [3.05, 3.63) is 41.1 Å². The van der Waals surface area contributed by atoms with Crippen LogP contribution in [0.5, 0.6) is 0 Å². The number of halogens is 1. The average Bonchev–Trinajstić information content (AvgIpc) is 3.12. The molecule has 2 unspecified atom stereocenters. The molecule has 0 aliphatic carbocycles. The van der Waals surface area contributed by atoms with Crippen LogP contribution in [-0.4, -0.2) is 71.9 Å². The first kappa shape index (κ1) is 27.7. The number of carbonyl (C=O) groups is 3. The zero-order valence-corrected chi connectivity index (χ0v) is 21.3. The van der Waals surface area contributed by atoms with Gasteiger partial charge in [-0.3, -0.25) is 14.6 Å². The van der Waals surface area contributed by atoms with E-state index in [1.54, 1.807) is 17.9 Å². The molecule has 2 atom stereocenters. The Morgan fingerprint density at radius 1 is 1.34 bits per heavy atom. The molecule has 0 saturated carbocycles. The number of nitrogens with one attached hydrogen (secondary N) is 2. The van der Waals surface area contributed by atoms with Gasteiger partial charge in [-0.05, 0) is 57.9 Å². The third-order valence-corrected chi connectivity index (χ3v) is 5.63. The Labute approximate surface area is 206 Å². The molecule has 2 aliphatic rings. The fourth-order valence-electron chi connectivity index (χ4n) is 3.96. The Hall–Kier alpha value is -3.58. The van der Waals surface area contributed by atoms with E-state index in [4.69, 9.17) is 0 Å². The molecule has 2 N–H and O–H groups in total. The number of carbonyl (C=O) groups excluding carboxylic acids is 3. The summed E-state index contributed by atoms with van der Waals surface area (Å²) in [5.74, 6) is 1.29. The lowest BCUT2D eigenvalue weighted by Gasteiger charge is -2.43. The summed E-state index contributed by atoms with van der Waals surface area (Å²) in [5, 5.41) is 9.08. The molecule has 0 bridgehead atoms. The third kappa shape index (κ3) is 6.31. The van der Waals surface area contributed by atoms with E-state index in [9.17, 15) is 18.8 Å². The highest BCUT2D eigenvalue weighted by Gasteiger charge is 2.43. The van der Waals surface area contributed by atoms with E-state index in [1.807, 2.05) is 49.1 Å². The number of anilines is 1. The van der Waals surface area contributed by atoms with Crippen LogP contribution in [-0.2, 0) is 14.3 Å². The van der Waals surface area contributed by atoms with Crippen molar-refractivity contribution < 1.29 is 23.5 Å². The molecular weight excluding hydrogens is 453 g/mol. The number of fused-ring (bicyclic) bond motifs is 1. The lowest BCUT2D eigenvalue weighted by Crippen LogP contribution is -2.57. The summed E-state index contributed by atoms with van der Waals surface area (Å²) in [5.41, 5.74) is 0.606. The predicted octanol–water partition coefficient (Wildman–Crippen LogP) is 2.95. The van der Waals surface area contributed by atoms with Crippen LogP contribution in [0.25, 0.3) is 0 Å². The van der Waals surface area contributed by atoms with Gasteiger partial charge in [-0.25, -0.2) is 14.2 Å². The topological polar surface area (TPSA) is 94.2 Å². The van der Waals surface area contributed by atoms with Gasteiger partial charge in [0.15, 0.2) is 5.67 Å². The number of hydrogen-bond acceptors (Lipinski definition) is 6. The number of benzene rings is 1. The zero-order valence-electron chi connectivity index (χ0n) is 21.3. The molecule has 9 nitrogen and oxygen atoms in total. The number of aryl methyl sites for hydroxylation is 1. The van der Waals surface area contributed by atoms with Crippen molar-refractivity contribution in [3.8, 4) is 12.3 Å². The fraction of sp³-hybridized carbons (Fsp3) is 0.480. The van der Waals surface area contributed by atoms with Gasteiger partial charge in [0, 0.05) is 19.3 Å². The second-order valence-corrected chi connectivity index (χ2v) is 8.92. The summed E-state index contributed by atoms with van der Waals surface area (Å²) in [7, 11) is 3.13. The minimum absolute atomic E-state index is 0.0346. The van der Waals surface area contributed by atoms with Crippen molar-refractivity contribution in [3.63, 3.8) is 0 Å².